The van der Waals surface area contributed by atoms with Crippen molar-refractivity contribution in [3.05, 3.63) is 51.9 Å². The number of hydrogen-bond acceptors (Lipinski definition) is 7. The highest BCUT2D eigenvalue weighted by molar-refractivity contribution is 8.00. The molecule has 0 saturated heterocycles. The van der Waals surface area contributed by atoms with Gasteiger partial charge in [0.2, 0.25) is 0 Å². The number of aromatic nitrogens is 2. The summed E-state index contributed by atoms with van der Waals surface area (Å²) >= 11 is 2.80. The summed E-state index contributed by atoms with van der Waals surface area (Å²) in [6.07, 6.45) is 0.770. The third-order valence-electron chi connectivity index (χ3n) is 4.04. The van der Waals surface area contributed by atoms with Crippen LogP contribution in [0.4, 0.5) is 0 Å². The largest absolute Gasteiger partial charge is 0.460 e. The van der Waals surface area contributed by atoms with Gasteiger partial charge in [0.05, 0.1) is 29.5 Å². The molecule has 0 fully saturated rings. The molecule has 2 aromatic rings. The molecule has 1 aromatic carbocycles. The van der Waals surface area contributed by atoms with Gasteiger partial charge in [-0.15, -0.1) is 11.8 Å². The lowest BCUT2D eigenvalue weighted by atomic mass is 10.2. The second-order valence-electron chi connectivity index (χ2n) is 6.19. The number of benzene rings is 1. The molecule has 1 aliphatic rings. The normalized spacial score (nSPS) is 15.6. The van der Waals surface area contributed by atoms with Crippen molar-refractivity contribution in [2.24, 2.45) is 0 Å². The molecule has 27 heavy (non-hydrogen) atoms. The first-order valence-electron chi connectivity index (χ1n) is 8.70. The molecule has 6 nitrogen and oxygen atoms in total. The fourth-order valence-corrected chi connectivity index (χ4v) is 4.68. The first kappa shape index (κ1) is 20.0. The van der Waals surface area contributed by atoms with E-state index in [4.69, 9.17) is 9.47 Å². The van der Waals surface area contributed by atoms with Crippen LogP contribution in [-0.2, 0) is 33.8 Å². The molecule has 8 heteroatoms. The fourth-order valence-electron chi connectivity index (χ4n) is 2.72. The lowest BCUT2D eigenvalue weighted by Gasteiger charge is -2.13. The van der Waals surface area contributed by atoms with Gasteiger partial charge >= 0.3 is 5.97 Å². The van der Waals surface area contributed by atoms with Crippen LogP contribution in [0, 0.1) is 0 Å². The number of rotatable bonds is 8. The third-order valence-corrected chi connectivity index (χ3v) is 6.21. The van der Waals surface area contributed by atoms with Gasteiger partial charge in [0.1, 0.15) is 6.61 Å². The minimum atomic E-state index is -0.334. The molecular weight excluding hydrogens is 384 g/mol. The highest BCUT2D eigenvalue weighted by Crippen LogP contribution is 2.34. The van der Waals surface area contributed by atoms with E-state index in [0.29, 0.717) is 23.6 Å². The summed E-state index contributed by atoms with van der Waals surface area (Å²) in [4.78, 5) is 30.3. The highest BCUT2D eigenvalue weighted by atomic mass is 32.2. The van der Waals surface area contributed by atoms with Crippen LogP contribution in [0.1, 0.15) is 18.2 Å². The number of methoxy groups -OCH3 is 1. The van der Waals surface area contributed by atoms with Crippen molar-refractivity contribution < 1.29 is 14.3 Å². The van der Waals surface area contributed by atoms with Crippen LogP contribution in [-0.4, -0.2) is 40.2 Å². The number of carbonyl (C=O) groups excluding carboxylic acids is 1. The quantitative estimate of drug-likeness (QED) is 0.379. The molecule has 0 bridgehead atoms. The molecule has 0 radical (unpaired) electrons. The van der Waals surface area contributed by atoms with Crippen molar-refractivity contribution in [1.29, 1.82) is 0 Å². The standard InChI is InChI=1S/C19H22N2O4S2/c1-13-10-15-17(27-13)18(23)21(8-9-24-2)19(20-15)26-12-16(22)25-11-14-6-4-3-5-7-14/h3-7,13H,8-12H2,1-2H3. The van der Waals surface area contributed by atoms with E-state index >= 15 is 0 Å². The van der Waals surface area contributed by atoms with Crippen LogP contribution < -0.4 is 5.56 Å². The number of fused-ring (bicyclic) bond motifs is 1. The SMILES string of the molecule is COCCn1c(SCC(=O)OCc2ccccc2)nc2c(c1=O)SC(C)C2. The predicted molar refractivity (Wildman–Crippen MR) is 106 cm³/mol. The van der Waals surface area contributed by atoms with Crippen LogP contribution in [0.25, 0.3) is 0 Å². The monoisotopic (exact) mass is 406 g/mol. The second kappa shape index (κ2) is 9.43. The Labute approximate surface area is 166 Å². The first-order chi connectivity index (χ1) is 13.1. The van der Waals surface area contributed by atoms with Gasteiger partial charge in [0.25, 0.3) is 5.56 Å². The maximum atomic E-state index is 12.8. The Hall–Kier alpha value is -1.77. The summed E-state index contributed by atoms with van der Waals surface area (Å²) in [5.74, 6) is -0.229. The number of ether oxygens (including phenoxy) is 2. The zero-order valence-electron chi connectivity index (χ0n) is 15.3. The van der Waals surface area contributed by atoms with Gasteiger partial charge in [-0.05, 0) is 5.56 Å². The van der Waals surface area contributed by atoms with Gasteiger partial charge in [0, 0.05) is 18.8 Å². The molecule has 0 aliphatic carbocycles. The number of esters is 1. The van der Waals surface area contributed by atoms with Gasteiger partial charge in [-0.2, -0.15) is 0 Å². The van der Waals surface area contributed by atoms with E-state index in [9.17, 15) is 9.59 Å². The molecular formula is C19H22N2O4S2. The van der Waals surface area contributed by atoms with Crippen molar-refractivity contribution >= 4 is 29.5 Å². The molecule has 0 spiro atoms. The summed E-state index contributed by atoms with van der Waals surface area (Å²) in [6, 6.07) is 9.53. The lowest BCUT2D eigenvalue weighted by molar-refractivity contribution is -0.141. The maximum Gasteiger partial charge on any atom is 0.316 e. The number of thioether (sulfide) groups is 2. The summed E-state index contributed by atoms with van der Waals surface area (Å²) in [5, 5.41) is 0.884. The Balaban J connectivity index is 1.68. The van der Waals surface area contributed by atoms with E-state index < -0.39 is 0 Å². The molecule has 1 unspecified atom stereocenters. The van der Waals surface area contributed by atoms with Crippen LogP contribution >= 0.6 is 23.5 Å². The third kappa shape index (κ3) is 5.15. The van der Waals surface area contributed by atoms with Gasteiger partial charge < -0.3 is 9.47 Å². The molecule has 144 valence electrons. The highest BCUT2D eigenvalue weighted by Gasteiger charge is 2.26. The molecule has 0 amide bonds. The van der Waals surface area contributed by atoms with Crippen LogP contribution in [0.5, 0.6) is 0 Å². The Morgan fingerprint density at radius 2 is 2.15 bits per heavy atom. The summed E-state index contributed by atoms with van der Waals surface area (Å²) in [7, 11) is 1.59. The van der Waals surface area contributed by atoms with E-state index in [-0.39, 0.29) is 23.9 Å². The Morgan fingerprint density at radius 3 is 2.89 bits per heavy atom. The van der Waals surface area contributed by atoms with Crippen LogP contribution in [0.2, 0.25) is 0 Å². The van der Waals surface area contributed by atoms with Crippen LogP contribution in [0.3, 0.4) is 0 Å². The van der Waals surface area contributed by atoms with Crippen molar-refractivity contribution in [1.82, 2.24) is 9.55 Å². The van der Waals surface area contributed by atoms with Crippen molar-refractivity contribution in [2.75, 3.05) is 19.5 Å². The van der Waals surface area contributed by atoms with Gasteiger partial charge in [-0.25, -0.2) is 4.98 Å². The summed E-state index contributed by atoms with van der Waals surface area (Å²) in [5.41, 5.74) is 1.72. The minimum Gasteiger partial charge on any atom is -0.460 e. The number of hydrogen-bond donors (Lipinski definition) is 0. The van der Waals surface area contributed by atoms with Gasteiger partial charge in [0.15, 0.2) is 5.16 Å². The molecule has 0 saturated carbocycles. The minimum absolute atomic E-state index is 0.0495. The van der Waals surface area contributed by atoms with Crippen molar-refractivity contribution in [3.8, 4) is 0 Å². The zero-order chi connectivity index (χ0) is 19.2. The average Bonchev–Trinajstić information content (AvgIpc) is 3.05. The molecule has 1 aliphatic heterocycles. The molecule has 0 N–H and O–H groups in total. The fraction of sp³-hybridized carbons (Fsp3) is 0.421. The number of nitrogens with zero attached hydrogens (tertiary/aromatic N) is 2. The molecule has 1 aromatic heterocycles. The van der Waals surface area contributed by atoms with Gasteiger partial charge in [-0.1, -0.05) is 49.0 Å². The van der Waals surface area contributed by atoms with Crippen molar-refractivity contribution in [2.45, 2.75) is 41.8 Å². The Bertz CT molecular complexity index is 855. The van der Waals surface area contributed by atoms with E-state index in [2.05, 4.69) is 11.9 Å². The Morgan fingerprint density at radius 1 is 1.37 bits per heavy atom. The van der Waals surface area contributed by atoms with E-state index in [1.165, 1.54) is 11.8 Å². The van der Waals surface area contributed by atoms with E-state index in [1.54, 1.807) is 23.4 Å². The van der Waals surface area contributed by atoms with Crippen molar-refractivity contribution in [3.63, 3.8) is 0 Å². The topological polar surface area (TPSA) is 70.4 Å². The smallest absolute Gasteiger partial charge is 0.316 e. The zero-order valence-corrected chi connectivity index (χ0v) is 17.0. The summed E-state index contributed by atoms with van der Waals surface area (Å²) < 4.78 is 12.0. The molecule has 1 atom stereocenters. The van der Waals surface area contributed by atoms with Crippen LogP contribution in [0.15, 0.2) is 45.2 Å². The van der Waals surface area contributed by atoms with E-state index in [0.717, 1.165) is 22.6 Å². The first-order valence-corrected chi connectivity index (χ1v) is 10.6. The second-order valence-corrected chi connectivity index (χ2v) is 8.58. The molecule has 3 rings (SSSR count). The average molecular weight is 407 g/mol. The lowest BCUT2D eigenvalue weighted by Crippen LogP contribution is -2.27. The summed E-state index contributed by atoms with van der Waals surface area (Å²) in [6.45, 7) is 3.14. The molecule has 2 heterocycles. The van der Waals surface area contributed by atoms with Gasteiger partial charge in [-0.3, -0.25) is 14.2 Å². The number of carbonyl (C=O) groups is 1. The van der Waals surface area contributed by atoms with E-state index in [1.807, 2.05) is 30.3 Å². The Kier molecular flexibility index (Phi) is 6.98. The predicted octanol–water partition coefficient (Wildman–Crippen LogP) is 2.76. The maximum absolute atomic E-state index is 12.8.